The molecule has 0 aliphatic carbocycles. The lowest BCUT2D eigenvalue weighted by atomic mass is 9.97. The summed E-state index contributed by atoms with van der Waals surface area (Å²) >= 11 is 6.27. The molecule has 2 heterocycles. The summed E-state index contributed by atoms with van der Waals surface area (Å²) in [7, 11) is 1.79. The normalized spacial score (nSPS) is 12.3. The van der Waals surface area contributed by atoms with E-state index >= 15 is 0 Å². The number of carbonyl (C=O) groups is 1. The molecule has 0 spiro atoms. The average Bonchev–Trinajstić information content (AvgIpc) is 3.15. The SMILES string of the molecule is Cc1nn(C)c(Cl)c1Cn1cc(-c2ccccc2C(O)CC(=O)O)cn1. The minimum atomic E-state index is -1.08. The molecule has 0 saturated carbocycles. The van der Waals surface area contributed by atoms with E-state index in [1.807, 2.05) is 25.3 Å². The van der Waals surface area contributed by atoms with Gasteiger partial charge in [0.05, 0.1) is 31.0 Å². The molecule has 0 radical (unpaired) electrons. The molecule has 1 aromatic carbocycles. The third kappa shape index (κ3) is 3.63. The van der Waals surface area contributed by atoms with Gasteiger partial charge in [0, 0.05) is 24.4 Å². The average molecular weight is 375 g/mol. The summed E-state index contributed by atoms with van der Waals surface area (Å²) in [5, 5.41) is 28.4. The van der Waals surface area contributed by atoms with E-state index < -0.39 is 12.1 Å². The fraction of sp³-hybridized carbons (Fsp3) is 0.278. The van der Waals surface area contributed by atoms with E-state index in [-0.39, 0.29) is 6.42 Å². The Balaban J connectivity index is 1.90. The van der Waals surface area contributed by atoms with Crippen LogP contribution in [0.5, 0.6) is 0 Å². The van der Waals surface area contributed by atoms with E-state index in [9.17, 15) is 9.90 Å². The highest BCUT2D eigenvalue weighted by Gasteiger charge is 2.18. The van der Waals surface area contributed by atoms with Crippen LogP contribution < -0.4 is 0 Å². The highest BCUT2D eigenvalue weighted by Crippen LogP contribution is 2.30. The Bertz CT molecular complexity index is 948. The summed E-state index contributed by atoms with van der Waals surface area (Å²) in [6, 6.07) is 7.17. The lowest BCUT2D eigenvalue weighted by molar-refractivity contribution is -0.139. The van der Waals surface area contributed by atoms with Gasteiger partial charge in [-0.3, -0.25) is 14.2 Å². The van der Waals surface area contributed by atoms with Gasteiger partial charge in [0.1, 0.15) is 5.15 Å². The summed E-state index contributed by atoms with van der Waals surface area (Å²) in [5.41, 5.74) is 3.84. The Morgan fingerprint density at radius 3 is 2.73 bits per heavy atom. The number of carboxylic acids is 1. The molecule has 1 atom stereocenters. The Labute approximate surface area is 155 Å². The summed E-state index contributed by atoms with van der Waals surface area (Å²) in [6.45, 7) is 2.36. The molecule has 7 nitrogen and oxygen atoms in total. The van der Waals surface area contributed by atoms with Gasteiger partial charge in [-0.05, 0) is 18.1 Å². The molecule has 0 saturated heterocycles. The van der Waals surface area contributed by atoms with E-state index in [0.717, 1.165) is 22.4 Å². The fourth-order valence-electron chi connectivity index (χ4n) is 2.93. The van der Waals surface area contributed by atoms with Gasteiger partial charge in [-0.25, -0.2) is 0 Å². The third-order valence-corrected chi connectivity index (χ3v) is 4.69. The van der Waals surface area contributed by atoms with Crippen LogP contribution in [-0.4, -0.2) is 35.7 Å². The Morgan fingerprint density at radius 2 is 2.08 bits per heavy atom. The zero-order valence-corrected chi connectivity index (χ0v) is 15.2. The van der Waals surface area contributed by atoms with Crippen molar-refractivity contribution in [3.05, 3.63) is 58.6 Å². The first kappa shape index (κ1) is 18.2. The number of hydrogen-bond donors (Lipinski definition) is 2. The molecule has 3 aromatic rings. The highest BCUT2D eigenvalue weighted by atomic mass is 35.5. The number of hydrogen-bond acceptors (Lipinski definition) is 4. The Kier molecular flexibility index (Phi) is 5.11. The van der Waals surface area contributed by atoms with Crippen LogP contribution in [0.3, 0.4) is 0 Å². The molecule has 0 aliphatic heterocycles. The molecular formula is C18H19ClN4O3. The number of aliphatic hydroxyl groups excluding tert-OH is 1. The molecule has 0 fully saturated rings. The molecule has 0 amide bonds. The van der Waals surface area contributed by atoms with Gasteiger partial charge in [-0.15, -0.1) is 0 Å². The van der Waals surface area contributed by atoms with Gasteiger partial charge < -0.3 is 10.2 Å². The van der Waals surface area contributed by atoms with Crippen LogP contribution in [0.15, 0.2) is 36.7 Å². The van der Waals surface area contributed by atoms with Crippen LogP contribution in [-0.2, 0) is 18.4 Å². The largest absolute Gasteiger partial charge is 0.481 e. The monoisotopic (exact) mass is 374 g/mol. The van der Waals surface area contributed by atoms with E-state index in [2.05, 4.69) is 10.2 Å². The number of aryl methyl sites for hydroxylation is 2. The number of aliphatic carboxylic acids is 1. The number of nitrogens with zero attached hydrogens (tertiary/aromatic N) is 4. The summed E-state index contributed by atoms with van der Waals surface area (Å²) in [5.74, 6) is -1.05. The molecule has 8 heteroatoms. The molecule has 2 aromatic heterocycles. The Morgan fingerprint density at radius 1 is 1.35 bits per heavy atom. The van der Waals surface area contributed by atoms with Crippen molar-refractivity contribution in [1.29, 1.82) is 0 Å². The number of rotatable bonds is 6. The van der Waals surface area contributed by atoms with Crippen molar-refractivity contribution < 1.29 is 15.0 Å². The zero-order valence-electron chi connectivity index (χ0n) is 14.4. The van der Waals surface area contributed by atoms with Gasteiger partial charge in [-0.2, -0.15) is 10.2 Å². The first-order chi connectivity index (χ1) is 12.4. The van der Waals surface area contributed by atoms with Gasteiger partial charge in [-0.1, -0.05) is 35.9 Å². The minimum Gasteiger partial charge on any atom is -0.481 e. The number of aliphatic hydroxyl groups is 1. The van der Waals surface area contributed by atoms with Crippen molar-refractivity contribution >= 4 is 17.6 Å². The topological polar surface area (TPSA) is 93.2 Å². The first-order valence-electron chi connectivity index (χ1n) is 8.06. The fourth-order valence-corrected chi connectivity index (χ4v) is 3.16. The molecular weight excluding hydrogens is 356 g/mol. The van der Waals surface area contributed by atoms with Crippen LogP contribution in [0.1, 0.15) is 29.3 Å². The van der Waals surface area contributed by atoms with Crippen molar-refractivity contribution in [2.75, 3.05) is 0 Å². The summed E-state index contributed by atoms with van der Waals surface area (Å²) in [4.78, 5) is 10.9. The van der Waals surface area contributed by atoms with Crippen LogP contribution in [0.25, 0.3) is 11.1 Å². The van der Waals surface area contributed by atoms with Crippen molar-refractivity contribution in [3.63, 3.8) is 0 Å². The van der Waals surface area contributed by atoms with Crippen LogP contribution >= 0.6 is 11.6 Å². The van der Waals surface area contributed by atoms with Gasteiger partial charge in [0.2, 0.25) is 0 Å². The smallest absolute Gasteiger partial charge is 0.306 e. The van der Waals surface area contributed by atoms with Crippen LogP contribution in [0.4, 0.5) is 0 Å². The Hall–Kier alpha value is -2.64. The predicted molar refractivity (Wildman–Crippen MR) is 96.9 cm³/mol. The number of halogens is 1. The second kappa shape index (κ2) is 7.31. The van der Waals surface area contributed by atoms with Crippen LogP contribution in [0.2, 0.25) is 5.15 Å². The van der Waals surface area contributed by atoms with E-state index in [4.69, 9.17) is 16.7 Å². The van der Waals surface area contributed by atoms with Gasteiger partial charge in [0.15, 0.2) is 0 Å². The first-order valence-corrected chi connectivity index (χ1v) is 8.44. The summed E-state index contributed by atoms with van der Waals surface area (Å²) < 4.78 is 3.36. The van der Waals surface area contributed by atoms with E-state index in [0.29, 0.717) is 17.3 Å². The van der Waals surface area contributed by atoms with E-state index in [1.54, 1.807) is 34.7 Å². The van der Waals surface area contributed by atoms with Gasteiger partial charge >= 0.3 is 5.97 Å². The summed E-state index contributed by atoms with van der Waals surface area (Å²) in [6.07, 6.45) is 2.10. The molecule has 136 valence electrons. The second-order valence-electron chi connectivity index (χ2n) is 6.11. The lowest BCUT2D eigenvalue weighted by Gasteiger charge is -2.12. The maximum absolute atomic E-state index is 10.9. The van der Waals surface area contributed by atoms with Crippen LogP contribution in [0, 0.1) is 6.92 Å². The van der Waals surface area contributed by atoms with E-state index in [1.165, 1.54) is 0 Å². The highest BCUT2D eigenvalue weighted by molar-refractivity contribution is 6.30. The molecule has 0 bridgehead atoms. The van der Waals surface area contributed by atoms with Crippen molar-refractivity contribution in [1.82, 2.24) is 19.6 Å². The quantitative estimate of drug-likeness (QED) is 0.692. The maximum atomic E-state index is 10.9. The van der Waals surface area contributed by atoms with Crippen molar-refractivity contribution in [2.24, 2.45) is 7.05 Å². The second-order valence-corrected chi connectivity index (χ2v) is 6.46. The number of benzene rings is 1. The maximum Gasteiger partial charge on any atom is 0.306 e. The molecule has 1 unspecified atom stereocenters. The number of carboxylic acid groups (broad SMARTS) is 1. The molecule has 3 rings (SSSR count). The van der Waals surface area contributed by atoms with Crippen molar-refractivity contribution in [3.8, 4) is 11.1 Å². The lowest BCUT2D eigenvalue weighted by Crippen LogP contribution is -2.06. The molecule has 0 aliphatic rings. The number of aromatic nitrogens is 4. The van der Waals surface area contributed by atoms with Gasteiger partial charge in [0.25, 0.3) is 0 Å². The minimum absolute atomic E-state index is 0.352. The standard InChI is InChI=1S/C18H19ClN4O3/c1-11-15(18(19)22(2)21-11)10-23-9-12(8-20-23)13-5-3-4-6-14(13)16(24)7-17(25)26/h3-6,8-9,16,24H,7,10H2,1-2H3,(H,25,26). The molecule has 2 N–H and O–H groups in total. The third-order valence-electron chi connectivity index (χ3n) is 4.22. The molecule has 26 heavy (non-hydrogen) atoms. The van der Waals surface area contributed by atoms with Crippen molar-refractivity contribution in [2.45, 2.75) is 26.0 Å². The predicted octanol–water partition coefficient (Wildman–Crippen LogP) is 2.80. The zero-order chi connectivity index (χ0) is 18.8.